The average molecular weight is 248 g/mol. The summed E-state index contributed by atoms with van der Waals surface area (Å²) in [5.41, 5.74) is 1.05. The van der Waals surface area contributed by atoms with Crippen molar-refractivity contribution in [2.75, 3.05) is 11.9 Å². The van der Waals surface area contributed by atoms with Crippen LogP contribution in [0.15, 0.2) is 12.5 Å². The molecule has 1 N–H and O–H groups in total. The molecule has 2 heterocycles. The summed E-state index contributed by atoms with van der Waals surface area (Å²) in [5, 5.41) is 11.3. The topological polar surface area (TPSA) is 60.6 Å². The molecule has 0 saturated carbocycles. The van der Waals surface area contributed by atoms with Gasteiger partial charge in [0, 0.05) is 32.8 Å². The van der Waals surface area contributed by atoms with Gasteiger partial charge >= 0.3 is 0 Å². The summed E-state index contributed by atoms with van der Waals surface area (Å²) in [7, 11) is 1.96. The maximum atomic E-state index is 4.48. The third kappa shape index (κ3) is 2.88. The van der Waals surface area contributed by atoms with Crippen molar-refractivity contribution >= 4 is 5.95 Å². The van der Waals surface area contributed by atoms with Gasteiger partial charge in [0.2, 0.25) is 5.95 Å². The highest BCUT2D eigenvalue weighted by Crippen LogP contribution is 2.09. The van der Waals surface area contributed by atoms with Gasteiger partial charge in [-0.2, -0.15) is 0 Å². The molecule has 0 aliphatic heterocycles. The van der Waals surface area contributed by atoms with Crippen molar-refractivity contribution < 1.29 is 0 Å². The number of rotatable bonds is 6. The smallest absolute Gasteiger partial charge is 0.203 e. The van der Waals surface area contributed by atoms with E-state index in [2.05, 4.69) is 38.2 Å². The van der Waals surface area contributed by atoms with Crippen LogP contribution >= 0.6 is 0 Å². The Morgan fingerprint density at radius 2 is 2.22 bits per heavy atom. The van der Waals surface area contributed by atoms with E-state index in [4.69, 9.17) is 0 Å². The van der Waals surface area contributed by atoms with Crippen molar-refractivity contribution in [2.24, 2.45) is 7.05 Å². The highest BCUT2D eigenvalue weighted by atomic mass is 15.3. The third-order valence-corrected chi connectivity index (χ3v) is 2.80. The molecule has 0 spiro atoms. The second kappa shape index (κ2) is 5.66. The number of hydrogen-bond acceptors (Lipinski definition) is 4. The van der Waals surface area contributed by atoms with Crippen LogP contribution in [0.25, 0.3) is 0 Å². The number of imidazole rings is 1. The predicted octanol–water partition coefficient (Wildman–Crippen LogP) is 1.38. The van der Waals surface area contributed by atoms with E-state index in [-0.39, 0.29) is 0 Å². The Kier molecular flexibility index (Phi) is 3.96. The lowest BCUT2D eigenvalue weighted by Gasteiger charge is -2.08. The largest absolute Gasteiger partial charge is 0.355 e. The van der Waals surface area contributed by atoms with Gasteiger partial charge < -0.3 is 14.5 Å². The summed E-state index contributed by atoms with van der Waals surface area (Å²) < 4.78 is 4.09. The molecule has 2 rings (SSSR count). The van der Waals surface area contributed by atoms with Crippen LogP contribution in [-0.2, 0) is 20.0 Å². The van der Waals surface area contributed by atoms with Crippen molar-refractivity contribution in [1.29, 1.82) is 0 Å². The zero-order chi connectivity index (χ0) is 13.0. The molecule has 18 heavy (non-hydrogen) atoms. The number of aryl methyl sites for hydroxylation is 3. The Hall–Kier alpha value is -1.85. The van der Waals surface area contributed by atoms with E-state index < -0.39 is 0 Å². The summed E-state index contributed by atoms with van der Waals surface area (Å²) in [4.78, 5) is 4.48. The fourth-order valence-electron chi connectivity index (χ4n) is 1.92. The zero-order valence-corrected chi connectivity index (χ0v) is 11.2. The number of nitrogens with zero attached hydrogens (tertiary/aromatic N) is 5. The lowest BCUT2D eigenvalue weighted by Crippen LogP contribution is -2.12. The second-order valence-corrected chi connectivity index (χ2v) is 4.43. The van der Waals surface area contributed by atoms with Crippen LogP contribution in [-0.4, -0.2) is 30.9 Å². The van der Waals surface area contributed by atoms with Gasteiger partial charge in [-0.25, -0.2) is 4.98 Å². The molecule has 0 unspecified atom stereocenters. The second-order valence-electron chi connectivity index (χ2n) is 4.43. The van der Waals surface area contributed by atoms with Crippen LogP contribution < -0.4 is 5.32 Å². The minimum Gasteiger partial charge on any atom is -0.355 e. The monoisotopic (exact) mass is 248 g/mol. The molecule has 0 bridgehead atoms. The molecule has 0 amide bonds. The highest BCUT2D eigenvalue weighted by Gasteiger charge is 2.05. The van der Waals surface area contributed by atoms with Gasteiger partial charge in [0.25, 0.3) is 0 Å². The lowest BCUT2D eigenvalue weighted by atomic mass is 10.4. The Morgan fingerprint density at radius 3 is 2.89 bits per heavy atom. The van der Waals surface area contributed by atoms with E-state index in [9.17, 15) is 0 Å². The first-order chi connectivity index (χ1) is 8.70. The van der Waals surface area contributed by atoms with E-state index in [0.717, 1.165) is 43.4 Å². The Balaban J connectivity index is 1.92. The van der Waals surface area contributed by atoms with E-state index in [1.807, 2.05) is 18.5 Å². The molecule has 0 aliphatic rings. The van der Waals surface area contributed by atoms with Crippen LogP contribution in [0.4, 0.5) is 5.95 Å². The Labute approximate surface area is 107 Å². The SMILES string of the molecule is CCCn1cc(C)nc1NCCc1nncn1C. The summed E-state index contributed by atoms with van der Waals surface area (Å²) in [5.74, 6) is 1.92. The molecule has 2 aromatic heterocycles. The summed E-state index contributed by atoms with van der Waals surface area (Å²) in [6.45, 7) is 5.98. The molecule has 0 aromatic carbocycles. The quantitative estimate of drug-likeness (QED) is 0.839. The van der Waals surface area contributed by atoms with Crippen molar-refractivity contribution in [1.82, 2.24) is 24.3 Å². The molecule has 98 valence electrons. The number of nitrogens with one attached hydrogen (secondary N) is 1. The van der Waals surface area contributed by atoms with Gasteiger partial charge in [-0.15, -0.1) is 10.2 Å². The first-order valence-corrected chi connectivity index (χ1v) is 6.31. The van der Waals surface area contributed by atoms with Crippen molar-refractivity contribution in [2.45, 2.75) is 33.2 Å². The molecule has 0 atom stereocenters. The molecule has 0 radical (unpaired) electrons. The molecule has 0 fully saturated rings. The molecule has 0 aliphatic carbocycles. The van der Waals surface area contributed by atoms with Gasteiger partial charge in [0.15, 0.2) is 0 Å². The zero-order valence-electron chi connectivity index (χ0n) is 11.2. The van der Waals surface area contributed by atoms with Gasteiger partial charge in [0.1, 0.15) is 12.2 Å². The fourth-order valence-corrected chi connectivity index (χ4v) is 1.92. The number of aromatic nitrogens is 5. The lowest BCUT2D eigenvalue weighted by molar-refractivity contribution is 0.679. The summed E-state index contributed by atoms with van der Waals surface area (Å²) in [6.07, 6.45) is 5.74. The fraction of sp³-hybridized carbons (Fsp3) is 0.583. The average Bonchev–Trinajstić information content (AvgIpc) is 2.87. The van der Waals surface area contributed by atoms with Crippen LogP contribution in [0.2, 0.25) is 0 Å². The number of hydrogen-bond donors (Lipinski definition) is 1. The van der Waals surface area contributed by atoms with E-state index >= 15 is 0 Å². The minimum absolute atomic E-state index is 0.812. The summed E-state index contributed by atoms with van der Waals surface area (Å²) >= 11 is 0. The highest BCUT2D eigenvalue weighted by molar-refractivity contribution is 5.28. The standard InChI is InChI=1S/C12H20N6/c1-4-7-18-8-10(2)15-12(18)13-6-5-11-16-14-9-17(11)3/h8-9H,4-7H2,1-3H3,(H,13,15). The van der Waals surface area contributed by atoms with Crippen LogP contribution in [0.3, 0.4) is 0 Å². The van der Waals surface area contributed by atoms with Gasteiger partial charge in [-0.3, -0.25) is 0 Å². The molecular weight excluding hydrogens is 228 g/mol. The summed E-state index contributed by atoms with van der Waals surface area (Å²) in [6, 6.07) is 0. The van der Waals surface area contributed by atoms with Gasteiger partial charge in [-0.1, -0.05) is 6.92 Å². The Bertz CT molecular complexity index is 498. The predicted molar refractivity (Wildman–Crippen MR) is 70.5 cm³/mol. The molecule has 0 saturated heterocycles. The number of anilines is 1. The third-order valence-electron chi connectivity index (χ3n) is 2.80. The molecular formula is C12H20N6. The van der Waals surface area contributed by atoms with Crippen LogP contribution in [0.1, 0.15) is 24.9 Å². The van der Waals surface area contributed by atoms with E-state index in [1.165, 1.54) is 0 Å². The molecule has 2 aromatic rings. The first-order valence-electron chi connectivity index (χ1n) is 6.31. The van der Waals surface area contributed by atoms with E-state index in [0.29, 0.717) is 0 Å². The minimum atomic E-state index is 0.812. The van der Waals surface area contributed by atoms with Gasteiger partial charge in [0.05, 0.1) is 5.69 Å². The maximum Gasteiger partial charge on any atom is 0.203 e. The van der Waals surface area contributed by atoms with Crippen LogP contribution in [0.5, 0.6) is 0 Å². The van der Waals surface area contributed by atoms with Crippen molar-refractivity contribution in [3.63, 3.8) is 0 Å². The van der Waals surface area contributed by atoms with Crippen molar-refractivity contribution in [3.8, 4) is 0 Å². The first kappa shape index (κ1) is 12.6. The van der Waals surface area contributed by atoms with Gasteiger partial charge in [-0.05, 0) is 13.3 Å². The normalized spacial score (nSPS) is 10.8. The maximum absolute atomic E-state index is 4.48. The van der Waals surface area contributed by atoms with E-state index in [1.54, 1.807) is 6.33 Å². The van der Waals surface area contributed by atoms with Crippen LogP contribution in [0, 0.1) is 6.92 Å². The van der Waals surface area contributed by atoms with Crippen molar-refractivity contribution in [3.05, 3.63) is 24.0 Å². The molecule has 6 nitrogen and oxygen atoms in total. The molecule has 6 heteroatoms. The Morgan fingerprint density at radius 1 is 1.39 bits per heavy atom.